The fourth-order valence-electron chi connectivity index (χ4n) is 1.64. The van der Waals surface area contributed by atoms with Gasteiger partial charge in [-0.1, -0.05) is 0 Å². The molecule has 1 aromatic heterocycles. The SMILES string of the molecule is O=c1c2cc(I)ccc2ncn1CCOCC(F)(F)F. The van der Waals surface area contributed by atoms with Gasteiger partial charge in [-0.05, 0) is 40.8 Å². The predicted molar refractivity (Wildman–Crippen MR) is 75.6 cm³/mol. The molecule has 0 spiro atoms. The molecule has 0 atom stereocenters. The van der Waals surface area contributed by atoms with Gasteiger partial charge in [-0.15, -0.1) is 0 Å². The van der Waals surface area contributed by atoms with Crippen LogP contribution in [-0.2, 0) is 11.3 Å². The number of alkyl halides is 3. The second kappa shape index (κ2) is 6.08. The Bertz CT molecular complexity index is 670. The fraction of sp³-hybridized carbons (Fsp3) is 0.333. The first kappa shape index (κ1) is 15.2. The molecule has 0 aliphatic carbocycles. The van der Waals surface area contributed by atoms with Crippen molar-refractivity contribution in [1.82, 2.24) is 9.55 Å². The first-order chi connectivity index (χ1) is 9.37. The average Bonchev–Trinajstić information content (AvgIpc) is 2.36. The normalized spacial score (nSPS) is 12.0. The Hall–Kier alpha value is -1.16. The number of hydrogen-bond donors (Lipinski definition) is 0. The first-order valence-corrected chi connectivity index (χ1v) is 6.74. The average molecular weight is 398 g/mol. The van der Waals surface area contributed by atoms with Crippen molar-refractivity contribution >= 4 is 33.5 Å². The molecule has 0 aliphatic heterocycles. The highest BCUT2D eigenvalue weighted by molar-refractivity contribution is 14.1. The molecule has 0 saturated carbocycles. The number of fused-ring (bicyclic) bond motifs is 1. The minimum atomic E-state index is -4.36. The molecule has 1 heterocycles. The minimum absolute atomic E-state index is 0.0311. The third kappa shape index (κ3) is 3.92. The number of aromatic nitrogens is 2. The Morgan fingerprint density at radius 3 is 2.80 bits per heavy atom. The number of rotatable bonds is 4. The van der Waals surface area contributed by atoms with Crippen LogP contribution in [0.25, 0.3) is 10.9 Å². The number of nitrogens with zero attached hydrogens (tertiary/aromatic N) is 2. The quantitative estimate of drug-likeness (QED) is 0.588. The van der Waals surface area contributed by atoms with Gasteiger partial charge in [-0.3, -0.25) is 9.36 Å². The van der Waals surface area contributed by atoms with E-state index in [0.29, 0.717) is 10.9 Å². The van der Waals surface area contributed by atoms with Gasteiger partial charge in [0, 0.05) is 3.57 Å². The van der Waals surface area contributed by atoms with E-state index >= 15 is 0 Å². The fourth-order valence-corrected chi connectivity index (χ4v) is 2.13. The molecule has 0 fully saturated rings. The lowest BCUT2D eigenvalue weighted by atomic mass is 10.2. The second-order valence-corrected chi connectivity index (χ2v) is 5.32. The van der Waals surface area contributed by atoms with Crippen molar-refractivity contribution in [2.24, 2.45) is 0 Å². The van der Waals surface area contributed by atoms with Crippen molar-refractivity contribution < 1.29 is 17.9 Å². The zero-order valence-corrected chi connectivity index (χ0v) is 12.3. The molecular weight excluding hydrogens is 388 g/mol. The van der Waals surface area contributed by atoms with E-state index in [1.165, 1.54) is 10.9 Å². The summed E-state index contributed by atoms with van der Waals surface area (Å²) in [5.74, 6) is 0. The van der Waals surface area contributed by atoms with Crippen LogP contribution in [0.2, 0.25) is 0 Å². The van der Waals surface area contributed by atoms with Crippen LogP contribution in [0, 0.1) is 3.57 Å². The van der Waals surface area contributed by atoms with Crippen LogP contribution in [0.1, 0.15) is 0 Å². The summed E-state index contributed by atoms with van der Waals surface area (Å²) in [5.41, 5.74) is 0.270. The monoisotopic (exact) mass is 398 g/mol. The van der Waals surface area contributed by atoms with Gasteiger partial charge >= 0.3 is 6.18 Å². The van der Waals surface area contributed by atoms with Crippen LogP contribution in [0.15, 0.2) is 29.3 Å². The zero-order valence-electron chi connectivity index (χ0n) is 10.2. The maximum absolute atomic E-state index is 12.1. The molecule has 2 rings (SSSR count). The lowest BCUT2D eigenvalue weighted by Crippen LogP contribution is -2.25. The van der Waals surface area contributed by atoms with Crippen molar-refractivity contribution in [1.29, 1.82) is 0 Å². The highest BCUT2D eigenvalue weighted by Gasteiger charge is 2.27. The molecule has 108 valence electrons. The molecular formula is C12H10F3IN2O2. The van der Waals surface area contributed by atoms with Gasteiger partial charge in [0.15, 0.2) is 0 Å². The van der Waals surface area contributed by atoms with Crippen LogP contribution >= 0.6 is 22.6 Å². The summed E-state index contributed by atoms with van der Waals surface area (Å²) in [6.45, 7) is -1.49. The second-order valence-electron chi connectivity index (χ2n) is 4.07. The van der Waals surface area contributed by atoms with Crippen LogP contribution in [0.5, 0.6) is 0 Å². The lowest BCUT2D eigenvalue weighted by molar-refractivity contribution is -0.174. The van der Waals surface area contributed by atoms with Gasteiger partial charge in [0.25, 0.3) is 5.56 Å². The van der Waals surface area contributed by atoms with Gasteiger partial charge < -0.3 is 4.74 Å². The number of ether oxygens (including phenoxy) is 1. The van der Waals surface area contributed by atoms with Crippen molar-refractivity contribution in [2.75, 3.05) is 13.2 Å². The van der Waals surface area contributed by atoms with E-state index < -0.39 is 12.8 Å². The van der Waals surface area contributed by atoms with Crippen molar-refractivity contribution in [2.45, 2.75) is 12.7 Å². The van der Waals surface area contributed by atoms with E-state index in [4.69, 9.17) is 0 Å². The molecule has 8 heteroatoms. The molecule has 0 N–H and O–H groups in total. The molecule has 20 heavy (non-hydrogen) atoms. The predicted octanol–water partition coefficient (Wildman–Crippen LogP) is 2.58. The number of halogens is 4. The van der Waals surface area contributed by atoms with Crippen molar-refractivity contribution in [3.05, 3.63) is 38.5 Å². The van der Waals surface area contributed by atoms with Crippen molar-refractivity contribution in [3.8, 4) is 0 Å². The topological polar surface area (TPSA) is 44.1 Å². The van der Waals surface area contributed by atoms with Crippen molar-refractivity contribution in [3.63, 3.8) is 0 Å². The Morgan fingerprint density at radius 1 is 1.35 bits per heavy atom. The molecule has 0 aliphatic rings. The molecule has 0 unspecified atom stereocenters. The maximum atomic E-state index is 12.1. The summed E-state index contributed by atoms with van der Waals surface area (Å²) in [5, 5.41) is 0.440. The molecule has 0 radical (unpaired) electrons. The Kier molecular flexibility index (Phi) is 4.63. The largest absolute Gasteiger partial charge is 0.411 e. The first-order valence-electron chi connectivity index (χ1n) is 5.66. The summed E-state index contributed by atoms with van der Waals surface area (Å²) in [7, 11) is 0. The third-order valence-corrected chi connectivity index (χ3v) is 3.20. The molecule has 0 amide bonds. The smallest absolute Gasteiger partial charge is 0.370 e. The summed E-state index contributed by atoms with van der Waals surface area (Å²) in [6, 6.07) is 5.24. The van der Waals surface area contributed by atoms with E-state index in [9.17, 15) is 18.0 Å². The number of benzene rings is 1. The van der Waals surface area contributed by atoms with E-state index in [0.717, 1.165) is 3.57 Å². The van der Waals surface area contributed by atoms with E-state index in [-0.39, 0.29) is 18.7 Å². The third-order valence-electron chi connectivity index (χ3n) is 2.53. The Labute approximate surface area is 125 Å². The van der Waals surface area contributed by atoms with Gasteiger partial charge in [-0.2, -0.15) is 13.2 Å². The molecule has 0 bridgehead atoms. The molecule has 1 aromatic carbocycles. The van der Waals surface area contributed by atoms with Crippen LogP contribution in [0.3, 0.4) is 0 Å². The maximum Gasteiger partial charge on any atom is 0.411 e. The van der Waals surface area contributed by atoms with Gasteiger partial charge in [-0.25, -0.2) is 4.98 Å². The van der Waals surface area contributed by atoms with Gasteiger partial charge in [0.2, 0.25) is 0 Å². The minimum Gasteiger partial charge on any atom is -0.370 e. The summed E-state index contributed by atoms with van der Waals surface area (Å²) in [4.78, 5) is 16.2. The van der Waals surface area contributed by atoms with Gasteiger partial charge in [0.1, 0.15) is 6.61 Å². The Morgan fingerprint density at radius 2 is 2.10 bits per heavy atom. The highest BCUT2D eigenvalue weighted by Crippen LogP contribution is 2.14. The van der Waals surface area contributed by atoms with Crippen LogP contribution in [-0.4, -0.2) is 28.9 Å². The summed E-state index contributed by atoms with van der Waals surface area (Å²) >= 11 is 2.07. The van der Waals surface area contributed by atoms with E-state index in [2.05, 4.69) is 32.3 Å². The molecule has 0 saturated heterocycles. The van der Waals surface area contributed by atoms with Gasteiger partial charge in [0.05, 0.1) is 30.4 Å². The van der Waals surface area contributed by atoms with E-state index in [1.54, 1.807) is 12.1 Å². The molecule has 4 nitrogen and oxygen atoms in total. The lowest BCUT2D eigenvalue weighted by Gasteiger charge is -2.09. The zero-order chi connectivity index (χ0) is 14.8. The Balaban J connectivity index is 2.11. The highest BCUT2D eigenvalue weighted by atomic mass is 127. The summed E-state index contributed by atoms with van der Waals surface area (Å²) < 4.78 is 42.3. The number of hydrogen-bond acceptors (Lipinski definition) is 3. The van der Waals surface area contributed by atoms with Crippen LogP contribution in [0.4, 0.5) is 13.2 Å². The van der Waals surface area contributed by atoms with E-state index in [1.807, 2.05) is 6.07 Å². The van der Waals surface area contributed by atoms with Crippen LogP contribution < -0.4 is 5.56 Å². The standard InChI is InChI=1S/C12H10F3IN2O2/c13-12(14,15)6-20-4-3-18-7-17-10-2-1-8(16)5-9(10)11(18)19/h1-2,5,7H,3-4,6H2. The molecule has 2 aromatic rings. The summed E-state index contributed by atoms with van der Waals surface area (Å²) in [6.07, 6.45) is -3.04.